The lowest BCUT2D eigenvalue weighted by molar-refractivity contribution is -0.147. The molecule has 39 heavy (non-hydrogen) atoms. The Morgan fingerprint density at radius 1 is 0.590 bits per heavy atom. The first-order chi connectivity index (χ1) is 17.6. The molecular formula is C22H3F13N4. The molecule has 0 fully saturated rings. The molecule has 0 heterocycles. The second-order valence-corrected chi connectivity index (χ2v) is 7.17. The predicted molar refractivity (Wildman–Crippen MR) is 99.6 cm³/mol. The van der Waals surface area contributed by atoms with Crippen LogP contribution in [0.3, 0.4) is 0 Å². The number of benzene rings is 2. The molecule has 0 saturated heterocycles. The van der Waals surface area contributed by atoms with Gasteiger partial charge >= 0.3 is 24.7 Å². The highest BCUT2D eigenvalue weighted by Gasteiger charge is 2.45. The second kappa shape index (κ2) is 9.84. The van der Waals surface area contributed by atoms with Crippen molar-refractivity contribution in [2.45, 2.75) is 24.7 Å². The second-order valence-electron chi connectivity index (χ2n) is 7.17. The Bertz CT molecular complexity index is 1590. The Kier molecular flexibility index (Phi) is 7.68. The molecule has 202 valence electrons. The molecule has 0 amide bonds. The van der Waals surface area contributed by atoms with Crippen molar-refractivity contribution in [1.29, 1.82) is 21.0 Å². The lowest BCUT2D eigenvalue weighted by Gasteiger charge is -2.19. The van der Waals surface area contributed by atoms with Gasteiger partial charge in [-0.3, -0.25) is 0 Å². The summed E-state index contributed by atoms with van der Waals surface area (Å²) in [6.07, 6.45) is -23.9. The van der Waals surface area contributed by atoms with E-state index in [4.69, 9.17) is 15.8 Å². The Labute approximate surface area is 206 Å². The minimum absolute atomic E-state index is 0.472. The number of hydrogen-bond donors (Lipinski definition) is 0. The van der Waals surface area contributed by atoms with Gasteiger partial charge in [0.2, 0.25) is 0 Å². The van der Waals surface area contributed by atoms with Crippen LogP contribution in [0.5, 0.6) is 0 Å². The summed E-state index contributed by atoms with van der Waals surface area (Å²) in [6, 6.07) is 1.49. The molecule has 17 heteroatoms. The van der Waals surface area contributed by atoms with Crippen molar-refractivity contribution < 1.29 is 57.1 Å². The molecule has 0 aromatic heterocycles. The summed E-state index contributed by atoms with van der Waals surface area (Å²) in [5, 5.41) is 31.6. The molecule has 0 unspecified atom stereocenters. The summed E-state index contributed by atoms with van der Waals surface area (Å²) in [5.41, 5.74) is -18.2. The molecule has 0 aliphatic rings. The smallest absolute Gasteiger partial charge is 0.206 e. The standard InChI is InChI=1S/C22H3F13N4/c23-18-10(9(4-36)5-37)3-15(21(30,31)32)16(17(18)22(33,34)35)11(6-38)8-1-13(19(24,25)26)12(7-39)14(2-8)20(27,28)29/h1-3H/b16-11+. The van der Waals surface area contributed by atoms with Crippen molar-refractivity contribution in [1.82, 2.24) is 0 Å². The van der Waals surface area contributed by atoms with Crippen molar-refractivity contribution in [2.75, 3.05) is 0 Å². The van der Waals surface area contributed by atoms with Crippen molar-refractivity contribution in [3.05, 3.63) is 67.8 Å². The Balaban J connectivity index is 3.55. The van der Waals surface area contributed by atoms with Gasteiger partial charge in [-0.05, 0) is 23.8 Å². The van der Waals surface area contributed by atoms with Gasteiger partial charge in [0.15, 0.2) is 0 Å². The quantitative estimate of drug-likeness (QED) is 0.412. The average Bonchev–Trinajstić information content (AvgIpc) is 2.78. The predicted octanol–water partition coefficient (Wildman–Crippen LogP) is 5.69. The third kappa shape index (κ3) is 5.73. The van der Waals surface area contributed by atoms with Gasteiger partial charge < -0.3 is 0 Å². The number of alkyl halides is 12. The van der Waals surface area contributed by atoms with Crippen LogP contribution >= 0.6 is 0 Å². The minimum Gasteiger partial charge on any atom is -0.206 e. The molecule has 2 aromatic rings. The van der Waals surface area contributed by atoms with Crippen molar-refractivity contribution in [3.63, 3.8) is 0 Å². The highest BCUT2D eigenvalue weighted by Crippen LogP contribution is 2.41. The third-order valence-corrected chi connectivity index (χ3v) is 4.86. The van der Waals surface area contributed by atoms with E-state index in [-0.39, 0.29) is 0 Å². The van der Waals surface area contributed by atoms with Gasteiger partial charge in [-0.1, -0.05) is 0 Å². The number of nitriles is 4. The maximum absolute atomic E-state index is 15.0. The molecular weight excluding hydrogens is 567 g/mol. The topological polar surface area (TPSA) is 95.2 Å². The van der Waals surface area contributed by atoms with E-state index in [0.29, 0.717) is 12.1 Å². The van der Waals surface area contributed by atoms with E-state index in [0.717, 1.165) is 12.1 Å². The van der Waals surface area contributed by atoms with Gasteiger partial charge in [-0.15, -0.1) is 0 Å². The van der Waals surface area contributed by atoms with Crippen molar-refractivity contribution in [3.8, 4) is 24.3 Å². The van der Waals surface area contributed by atoms with Gasteiger partial charge in [0.25, 0.3) is 0 Å². The number of hydrogen-bond acceptors (Lipinski definition) is 4. The molecule has 0 aliphatic heterocycles. The monoisotopic (exact) mass is 570 g/mol. The normalized spacial score (nSPS) is 13.1. The molecule has 0 spiro atoms. The van der Waals surface area contributed by atoms with E-state index >= 15 is 0 Å². The fourth-order valence-electron chi connectivity index (χ4n) is 3.35. The number of halogens is 13. The lowest BCUT2D eigenvalue weighted by atomic mass is 9.90. The zero-order chi connectivity index (χ0) is 30.3. The van der Waals surface area contributed by atoms with Crippen LogP contribution in [0.2, 0.25) is 0 Å². The summed E-state index contributed by atoms with van der Waals surface area (Å²) in [6.45, 7) is 0. The van der Waals surface area contributed by atoms with Gasteiger partial charge in [-0.25, -0.2) is 4.39 Å². The zero-order valence-electron chi connectivity index (χ0n) is 17.9. The highest BCUT2D eigenvalue weighted by molar-refractivity contribution is 5.80. The molecule has 0 bridgehead atoms. The molecule has 2 rings (SSSR count). The maximum atomic E-state index is 15.0. The van der Waals surface area contributed by atoms with Gasteiger partial charge in [0.1, 0.15) is 41.2 Å². The SMILES string of the molecule is N#CC(C#N)=c1cc(C(F)(F)F)/c(=C(/C#N)c2cc(C(F)(F)F)c(C#N)c(C(F)(F)F)c2)c(C(F)(F)F)c1F. The van der Waals surface area contributed by atoms with Crippen LogP contribution in [-0.4, -0.2) is 0 Å². The Morgan fingerprint density at radius 2 is 1.03 bits per heavy atom. The summed E-state index contributed by atoms with van der Waals surface area (Å²) in [5.74, 6) is -2.74. The molecule has 4 nitrogen and oxygen atoms in total. The molecule has 0 radical (unpaired) electrons. The van der Waals surface area contributed by atoms with E-state index in [1.807, 2.05) is 0 Å². The maximum Gasteiger partial charge on any atom is 0.419 e. The summed E-state index contributed by atoms with van der Waals surface area (Å²) >= 11 is 0. The number of nitrogens with zero attached hydrogens (tertiary/aromatic N) is 4. The summed E-state index contributed by atoms with van der Waals surface area (Å²) < 4.78 is 179. The fourth-order valence-corrected chi connectivity index (χ4v) is 3.35. The lowest BCUT2D eigenvalue weighted by Crippen LogP contribution is -2.36. The van der Waals surface area contributed by atoms with E-state index in [1.54, 1.807) is 0 Å². The first-order valence-electron chi connectivity index (χ1n) is 9.33. The van der Waals surface area contributed by atoms with Crippen molar-refractivity contribution >= 4 is 11.1 Å². The van der Waals surface area contributed by atoms with Crippen LogP contribution < -0.4 is 10.4 Å². The fraction of sp³-hybridized carbons (Fsp3) is 0.182. The molecule has 0 aliphatic carbocycles. The molecule has 0 atom stereocenters. The average molecular weight is 570 g/mol. The summed E-state index contributed by atoms with van der Waals surface area (Å²) in [4.78, 5) is 0. The van der Waals surface area contributed by atoms with E-state index < -0.39 is 104 Å². The van der Waals surface area contributed by atoms with E-state index in [2.05, 4.69) is 0 Å². The van der Waals surface area contributed by atoms with E-state index in [1.165, 1.54) is 0 Å². The van der Waals surface area contributed by atoms with Crippen LogP contribution in [0, 0.1) is 51.1 Å². The Morgan fingerprint density at radius 3 is 1.33 bits per heavy atom. The minimum atomic E-state index is -6.21. The first kappa shape index (κ1) is 30.5. The van der Waals surface area contributed by atoms with Crippen LogP contribution in [0.4, 0.5) is 57.1 Å². The van der Waals surface area contributed by atoms with Gasteiger partial charge in [-0.2, -0.15) is 73.7 Å². The van der Waals surface area contributed by atoms with Gasteiger partial charge in [0, 0.05) is 10.4 Å². The zero-order valence-corrected chi connectivity index (χ0v) is 17.9. The van der Waals surface area contributed by atoms with Crippen LogP contribution in [0.1, 0.15) is 33.4 Å². The number of rotatable bonds is 1. The highest BCUT2D eigenvalue weighted by atomic mass is 19.4. The largest absolute Gasteiger partial charge is 0.419 e. The van der Waals surface area contributed by atoms with Crippen molar-refractivity contribution in [2.24, 2.45) is 0 Å². The molecule has 0 saturated carbocycles. The van der Waals surface area contributed by atoms with Crippen LogP contribution in [0.25, 0.3) is 11.1 Å². The summed E-state index contributed by atoms with van der Waals surface area (Å²) in [7, 11) is 0. The molecule has 0 N–H and O–H groups in total. The van der Waals surface area contributed by atoms with Crippen LogP contribution in [0.15, 0.2) is 18.2 Å². The van der Waals surface area contributed by atoms with Crippen LogP contribution in [-0.2, 0) is 24.7 Å². The molecule has 2 aromatic carbocycles. The third-order valence-electron chi connectivity index (χ3n) is 4.86. The van der Waals surface area contributed by atoms with Gasteiger partial charge in [0.05, 0.1) is 27.8 Å². The first-order valence-corrected chi connectivity index (χ1v) is 9.33. The van der Waals surface area contributed by atoms with E-state index in [9.17, 15) is 62.3 Å². The Hall–Kier alpha value is -4.77.